The fraction of sp³-hybridized carbons (Fsp3) is 0. The van der Waals surface area contributed by atoms with Crippen LogP contribution in [-0.2, 0) is 0 Å². The SMILES string of the molecule is Nc1n[nH]c(-c2ccc(Cl)o2)c1-c1cccc(Br)c1. The van der Waals surface area contributed by atoms with Gasteiger partial charge in [-0.1, -0.05) is 28.1 Å². The minimum absolute atomic E-state index is 0.323. The molecule has 0 radical (unpaired) electrons. The van der Waals surface area contributed by atoms with Gasteiger partial charge in [-0.25, -0.2) is 0 Å². The maximum absolute atomic E-state index is 5.94. The lowest BCUT2D eigenvalue weighted by Gasteiger charge is -2.03. The first kappa shape index (κ1) is 12.3. The molecule has 4 nitrogen and oxygen atoms in total. The van der Waals surface area contributed by atoms with Crippen molar-refractivity contribution in [2.45, 2.75) is 0 Å². The molecule has 0 aliphatic heterocycles. The minimum Gasteiger partial charge on any atom is -0.443 e. The molecule has 0 spiro atoms. The summed E-state index contributed by atoms with van der Waals surface area (Å²) in [5, 5.41) is 7.24. The van der Waals surface area contributed by atoms with Crippen LogP contribution in [0.3, 0.4) is 0 Å². The maximum Gasteiger partial charge on any atom is 0.194 e. The molecule has 2 aromatic heterocycles. The average Bonchev–Trinajstić information content (AvgIpc) is 2.95. The van der Waals surface area contributed by atoms with E-state index in [0.717, 1.165) is 15.6 Å². The van der Waals surface area contributed by atoms with E-state index >= 15 is 0 Å². The highest BCUT2D eigenvalue weighted by Crippen LogP contribution is 2.36. The van der Waals surface area contributed by atoms with Gasteiger partial charge in [0.25, 0.3) is 0 Å². The number of nitrogens with two attached hydrogens (primary N) is 1. The van der Waals surface area contributed by atoms with Crippen LogP contribution >= 0.6 is 27.5 Å². The molecule has 0 saturated heterocycles. The zero-order chi connectivity index (χ0) is 13.4. The van der Waals surface area contributed by atoms with Gasteiger partial charge in [0, 0.05) is 4.47 Å². The Hall–Kier alpha value is -1.72. The predicted octanol–water partition coefficient (Wildman–Crippen LogP) is 4.33. The maximum atomic E-state index is 5.94. The molecular formula is C13H9BrClN3O. The summed E-state index contributed by atoms with van der Waals surface area (Å²) in [5.74, 6) is 1.02. The lowest BCUT2D eigenvalue weighted by Crippen LogP contribution is -1.88. The fourth-order valence-corrected chi connectivity index (χ4v) is 2.46. The van der Waals surface area contributed by atoms with Crippen molar-refractivity contribution in [2.75, 3.05) is 5.73 Å². The molecule has 0 unspecified atom stereocenters. The Morgan fingerprint density at radius 2 is 2.11 bits per heavy atom. The van der Waals surface area contributed by atoms with Gasteiger partial charge in [0.1, 0.15) is 5.69 Å². The van der Waals surface area contributed by atoms with Crippen molar-refractivity contribution in [1.82, 2.24) is 10.2 Å². The molecule has 3 rings (SSSR count). The van der Waals surface area contributed by atoms with Crippen molar-refractivity contribution < 1.29 is 4.42 Å². The van der Waals surface area contributed by atoms with Crippen LogP contribution in [0.1, 0.15) is 0 Å². The summed E-state index contributed by atoms with van der Waals surface area (Å²) in [6.45, 7) is 0. The third-order valence-electron chi connectivity index (χ3n) is 2.73. The van der Waals surface area contributed by atoms with E-state index in [2.05, 4.69) is 26.1 Å². The van der Waals surface area contributed by atoms with Crippen LogP contribution in [0.2, 0.25) is 5.22 Å². The van der Waals surface area contributed by atoms with Crippen LogP contribution < -0.4 is 5.73 Å². The van der Waals surface area contributed by atoms with E-state index in [1.54, 1.807) is 12.1 Å². The van der Waals surface area contributed by atoms with Gasteiger partial charge in [0.15, 0.2) is 16.8 Å². The van der Waals surface area contributed by atoms with E-state index in [4.69, 9.17) is 21.8 Å². The molecular weight excluding hydrogens is 330 g/mol. The van der Waals surface area contributed by atoms with Crippen LogP contribution in [0.5, 0.6) is 0 Å². The Balaban J connectivity index is 2.19. The van der Waals surface area contributed by atoms with Crippen LogP contribution in [0.4, 0.5) is 5.82 Å². The number of rotatable bonds is 2. The Bertz CT molecular complexity index is 735. The average molecular weight is 339 g/mol. The topological polar surface area (TPSA) is 67.8 Å². The summed E-state index contributed by atoms with van der Waals surface area (Å²) in [6.07, 6.45) is 0. The van der Waals surface area contributed by atoms with Crippen LogP contribution in [0.25, 0.3) is 22.6 Å². The molecule has 0 atom stereocenters. The lowest BCUT2D eigenvalue weighted by atomic mass is 10.0. The van der Waals surface area contributed by atoms with Gasteiger partial charge in [-0.3, -0.25) is 5.10 Å². The highest BCUT2D eigenvalue weighted by molar-refractivity contribution is 9.10. The van der Waals surface area contributed by atoms with Gasteiger partial charge in [0.05, 0.1) is 5.56 Å². The number of aromatic amines is 1. The second-order valence-corrected chi connectivity index (χ2v) is 5.26. The quantitative estimate of drug-likeness (QED) is 0.730. The highest BCUT2D eigenvalue weighted by Gasteiger charge is 2.17. The molecule has 0 aliphatic carbocycles. The van der Waals surface area contributed by atoms with Crippen molar-refractivity contribution in [1.29, 1.82) is 0 Å². The van der Waals surface area contributed by atoms with Crippen LogP contribution in [0, 0.1) is 0 Å². The molecule has 1 aromatic carbocycles. The van der Waals surface area contributed by atoms with E-state index in [1.165, 1.54) is 0 Å². The van der Waals surface area contributed by atoms with Crippen molar-refractivity contribution in [2.24, 2.45) is 0 Å². The number of nitrogens with one attached hydrogen (secondary N) is 1. The van der Waals surface area contributed by atoms with Crippen LogP contribution in [-0.4, -0.2) is 10.2 Å². The van der Waals surface area contributed by atoms with Crippen molar-refractivity contribution in [3.05, 3.63) is 46.1 Å². The van der Waals surface area contributed by atoms with Crippen molar-refractivity contribution >= 4 is 33.3 Å². The van der Waals surface area contributed by atoms with Crippen molar-refractivity contribution in [3.63, 3.8) is 0 Å². The van der Waals surface area contributed by atoms with Gasteiger partial charge >= 0.3 is 0 Å². The molecule has 3 N–H and O–H groups in total. The van der Waals surface area contributed by atoms with Gasteiger partial charge in [-0.15, -0.1) is 0 Å². The molecule has 0 saturated carbocycles. The Kier molecular flexibility index (Phi) is 3.08. The zero-order valence-corrected chi connectivity index (χ0v) is 12.0. The molecule has 0 aliphatic rings. The van der Waals surface area contributed by atoms with Gasteiger partial charge in [0.2, 0.25) is 0 Å². The third-order valence-corrected chi connectivity index (χ3v) is 3.42. The molecule has 0 bridgehead atoms. The zero-order valence-electron chi connectivity index (χ0n) is 9.65. The fourth-order valence-electron chi connectivity index (χ4n) is 1.92. The number of hydrogen-bond acceptors (Lipinski definition) is 3. The number of benzene rings is 1. The highest BCUT2D eigenvalue weighted by atomic mass is 79.9. The Morgan fingerprint density at radius 1 is 1.26 bits per heavy atom. The number of nitrogens with zero attached hydrogens (tertiary/aromatic N) is 1. The summed E-state index contributed by atoms with van der Waals surface area (Å²) < 4.78 is 6.37. The molecule has 0 amide bonds. The molecule has 19 heavy (non-hydrogen) atoms. The van der Waals surface area contributed by atoms with E-state index < -0.39 is 0 Å². The number of nitrogen functional groups attached to an aromatic ring is 1. The van der Waals surface area contributed by atoms with E-state index in [1.807, 2.05) is 24.3 Å². The summed E-state index contributed by atoms with van der Waals surface area (Å²) in [6, 6.07) is 11.3. The molecule has 3 aromatic rings. The Labute approximate surface area is 122 Å². The van der Waals surface area contributed by atoms with E-state index in [9.17, 15) is 0 Å². The monoisotopic (exact) mass is 337 g/mol. The number of anilines is 1. The number of furan rings is 1. The molecule has 0 fully saturated rings. The second kappa shape index (κ2) is 4.75. The normalized spacial score (nSPS) is 10.8. The minimum atomic E-state index is 0.323. The van der Waals surface area contributed by atoms with Crippen LogP contribution in [0.15, 0.2) is 45.3 Å². The number of H-pyrrole nitrogens is 1. The summed E-state index contributed by atoms with van der Waals surface area (Å²) in [5.41, 5.74) is 8.39. The van der Waals surface area contributed by atoms with Gasteiger partial charge in [-0.2, -0.15) is 5.10 Å². The lowest BCUT2D eigenvalue weighted by molar-refractivity contribution is 0.582. The first-order chi connectivity index (χ1) is 9.15. The van der Waals surface area contributed by atoms with E-state index in [0.29, 0.717) is 22.5 Å². The van der Waals surface area contributed by atoms with Gasteiger partial charge in [-0.05, 0) is 41.4 Å². The third kappa shape index (κ3) is 2.27. The standard InChI is InChI=1S/C13H9BrClN3O/c14-8-3-1-2-7(6-8)11-12(17-18-13(11)16)9-4-5-10(15)19-9/h1-6H,(H3,16,17,18). The second-order valence-electron chi connectivity index (χ2n) is 3.97. The summed E-state index contributed by atoms with van der Waals surface area (Å²) >= 11 is 9.24. The largest absolute Gasteiger partial charge is 0.443 e. The Morgan fingerprint density at radius 3 is 2.79 bits per heavy atom. The van der Waals surface area contributed by atoms with E-state index in [-0.39, 0.29) is 0 Å². The number of hydrogen-bond donors (Lipinski definition) is 2. The summed E-state index contributed by atoms with van der Waals surface area (Å²) in [4.78, 5) is 0. The molecule has 2 heterocycles. The van der Waals surface area contributed by atoms with Gasteiger partial charge < -0.3 is 10.2 Å². The first-order valence-corrected chi connectivity index (χ1v) is 6.68. The number of halogens is 2. The van der Waals surface area contributed by atoms with Crippen molar-refractivity contribution in [3.8, 4) is 22.6 Å². The molecule has 96 valence electrons. The molecule has 6 heteroatoms. The predicted molar refractivity (Wildman–Crippen MR) is 78.8 cm³/mol. The first-order valence-electron chi connectivity index (χ1n) is 5.50. The number of aromatic nitrogens is 2. The summed E-state index contributed by atoms with van der Waals surface area (Å²) in [7, 11) is 0. The smallest absolute Gasteiger partial charge is 0.194 e.